The number of hydrogen-bond acceptors (Lipinski definition) is 4. The van der Waals surface area contributed by atoms with Crippen LogP contribution in [0, 0.1) is 0 Å². The zero-order valence-electron chi connectivity index (χ0n) is 15.6. The number of benzene rings is 2. The zero-order chi connectivity index (χ0) is 20.1. The van der Waals surface area contributed by atoms with Crippen LogP contribution in [0.3, 0.4) is 0 Å². The monoisotopic (exact) mass is 422 g/mol. The molecule has 1 fully saturated rings. The summed E-state index contributed by atoms with van der Waals surface area (Å²) in [6.45, 7) is 3.10. The van der Waals surface area contributed by atoms with Crippen molar-refractivity contribution in [2.24, 2.45) is 0 Å². The summed E-state index contributed by atoms with van der Waals surface area (Å²) in [4.78, 5) is 12.8. The van der Waals surface area contributed by atoms with Gasteiger partial charge in [0.05, 0.1) is 11.5 Å². The molecule has 8 heteroatoms. The molecule has 2 aromatic carbocycles. The van der Waals surface area contributed by atoms with Gasteiger partial charge >= 0.3 is 0 Å². The second kappa shape index (κ2) is 8.94. The first-order valence-corrected chi connectivity index (χ1v) is 11.0. The molecule has 1 amide bonds. The first-order chi connectivity index (χ1) is 13.4. The quantitative estimate of drug-likeness (QED) is 0.743. The van der Waals surface area contributed by atoms with E-state index < -0.39 is 16.1 Å². The van der Waals surface area contributed by atoms with Crippen molar-refractivity contribution in [1.29, 1.82) is 0 Å². The maximum Gasteiger partial charge on any atom is 0.243 e. The van der Waals surface area contributed by atoms with Gasteiger partial charge in [-0.2, -0.15) is 4.31 Å². The summed E-state index contributed by atoms with van der Waals surface area (Å²) in [5, 5.41) is 3.31. The van der Waals surface area contributed by atoms with Gasteiger partial charge in [-0.3, -0.25) is 4.79 Å². The zero-order valence-corrected chi connectivity index (χ0v) is 17.2. The van der Waals surface area contributed by atoms with Gasteiger partial charge in [0.25, 0.3) is 0 Å². The van der Waals surface area contributed by atoms with Crippen LogP contribution in [-0.4, -0.2) is 37.8 Å². The van der Waals surface area contributed by atoms with Crippen molar-refractivity contribution < 1.29 is 17.9 Å². The van der Waals surface area contributed by atoms with Crippen molar-refractivity contribution in [2.45, 2.75) is 37.2 Å². The molecule has 0 radical (unpaired) electrons. The second-order valence-corrected chi connectivity index (χ2v) is 8.85. The van der Waals surface area contributed by atoms with Gasteiger partial charge in [-0.05, 0) is 61.7 Å². The summed E-state index contributed by atoms with van der Waals surface area (Å²) in [5.74, 6) is 0.443. The summed E-state index contributed by atoms with van der Waals surface area (Å²) >= 11 is 5.85. The Morgan fingerprint density at radius 1 is 1.25 bits per heavy atom. The first kappa shape index (κ1) is 20.6. The number of nitrogens with one attached hydrogen (secondary N) is 1. The van der Waals surface area contributed by atoms with Gasteiger partial charge in [-0.15, -0.1) is 0 Å². The Labute approximate surface area is 170 Å². The molecular weight excluding hydrogens is 400 g/mol. The molecule has 150 valence electrons. The van der Waals surface area contributed by atoms with Crippen molar-refractivity contribution in [1.82, 2.24) is 9.62 Å². The van der Waals surface area contributed by atoms with Gasteiger partial charge in [-0.25, -0.2) is 8.42 Å². The minimum atomic E-state index is -3.75. The average molecular weight is 423 g/mol. The Hall–Kier alpha value is -2.09. The number of ether oxygens (including phenoxy) is 1. The topological polar surface area (TPSA) is 75.7 Å². The van der Waals surface area contributed by atoms with Gasteiger partial charge in [0.1, 0.15) is 11.8 Å². The fraction of sp³-hybridized carbons (Fsp3) is 0.350. The third-order valence-electron chi connectivity index (χ3n) is 4.60. The molecule has 0 unspecified atom stereocenters. The van der Waals surface area contributed by atoms with Crippen molar-refractivity contribution in [2.75, 3.05) is 13.2 Å². The van der Waals surface area contributed by atoms with E-state index in [1.807, 2.05) is 31.2 Å². The Kier molecular flexibility index (Phi) is 6.59. The number of hydrogen-bond donors (Lipinski definition) is 1. The van der Waals surface area contributed by atoms with Crippen LogP contribution in [0.2, 0.25) is 5.02 Å². The fourth-order valence-corrected chi connectivity index (χ4v) is 5.03. The summed E-state index contributed by atoms with van der Waals surface area (Å²) in [6.07, 6.45) is 1.14. The van der Waals surface area contributed by atoms with E-state index in [9.17, 15) is 13.2 Å². The molecule has 1 saturated heterocycles. The highest BCUT2D eigenvalue weighted by Crippen LogP contribution is 2.27. The lowest BCUT2D eigenvalue weighted by atomic mass is 10.2. The van der Waals surface area contributed by atoms with Crippen molar-refractivity contribution >= 4 is 27.5 Å². The molecular formula is C20H23ClN2O4S. The van der Waals surface area contributed by atoms with Crippen LogP contribution in [0.5, 0.6) is 5.75 Å². The van der Waals surface area contributed by atoms with E-state index in [2.05, 4.69) is 5.32 Å². The number of carbonyl (C=O) groups excluding carboxylic acids is 1. The van der Waals surface area contributed by atoms with Crippen molar-refractivity contribution in [3.05, 3.63) is 59.1 Å². The second-order valence-electron chi connectivity index (χ2n) is 6.53. The van der Waals surface area contributed by atoms with Crippen molar-refractivity contribution in [3.63, 3.8) is 0 Å². The van der Waals surface area contributed by atoms with E-state index in [-0.39, 0.29) is 10.8 Å². The van der Waals surface area contributed by atoms with Gasteiger partial charge in [0, 0.05) is 18.1 Å². The number of amides is 1. The van der Waals surface area contributed by atoms with Gasteiger partial charge in [0.15, 0.2) is 0 Å². The number of sulfonamides is 1. The summed E-state index contributed by atoms with van der Waals surface area (Å²) in [6, 6.07) is 12.7. The minimum Gasteiger partial charge on any atom is -0.494 e. The number of carbonyl (C=O) groups is 1. The van der Waals surface area contributed by atoms with Gasteiger partial charge in [-0.1, -0.05) is 23.7 Å². The maximum atomic E-state index is 12.9. The lowest BCUT2D eigenvalue weighted by Crippen LogP contribution is -2.45. The molecule has 2 aromatic rings. The molecule has 1 heterocycles. The van der Waals surface area contributed by atoms with Crippen LogP contribution < -0.4 is 10.1 Å². The lowest BCUT2D eigenvalue weighted by Gasteiger charge is -2.23. The average Bonchev–Trinajstić information content (AvgIpc) is 3.18. The predicted octanol–water partition coefficient (Wildman–Crippen LogP) is 3.21. The highest BCUT2D eigenvalue weighted by molar-refractivity contribution is 7.89. The number of halogens is 1. The molecule has 1 aliphatic heterocycles. The van der Waals surface area contributed by atoms with Crippen LogP contribution in [0.25, 0.3) is 0 Å². The predicted molar refractivity (Wildman–Crippen MR) is 108 cm³/mol. The summed E-state index contributed by atoms with van der Waals surface area (Å²) in [7, 11) is -3.75. The molecule has 0 saturated carbocycles. The largest absolute Gasteiger partial charge is 0.494 e. The van der Waals surface area contributed by atoms with Crippen LogP contribution >= 0.6 is 11.6 Å². The summed E-state index contributed by atoms with van der Waals surface area (Å²) < 4.78 is 32.6. The Bertz CT molecular complexity index is 931. The van der Waals surface area contributed by atoms with E-state index in [1.54, 1.807) is 0 Å². The van der Waals surface area contributed by atoms with Crippen molar-refractivity contribution in [3.8, 4) is 5.75 Å². The Balaban J connectivity index is 1.69. The standard InChI is InChI=1S/C20H23ClN2O4S/c1-2-27-17-6-3-5-15(13-17)14-22-20(24)19-7-4-12-23(19)28(25,26)18-10-8-16(21)9-11-18/h3,5-6,8-11,13,19H,2,4,7,12,14H2,1H3,(H,22,24)/t19-/m1/s1. The van der Waals surface area contributed by atoms with E-state index in [1.165, 1.54) is 28.6 Å². The van der Waals surface area contributed by atoms with Crippen LogP contribution in [0.1, 0.15) is 25.3 Å². The highest BCUT2D eigenvalue weighted by Gasteiger charge is 2.39. The van der Waals surface area contributed by atoms with E-state index in [0.717, 1.165) is 11.3 Å². The normalized spacial score (nSPS) is 17.4. The van der Waals surface area contributed by atoms with Crippen LogP contribution in [0.4, 0.5) is 0 Å². The lowest BCUT2D eigenvalue weighted by molar-refractivity contribution is -0.124. The Morgan fingerprint density at radius 2 is 2.00 bits per heavy atom. The molecule has 1 N–H and O–H groups in total. The number of rotatable bonds is 7. The molecule has 3 rings (SSSR count). The van der Waals surface area contributed by atoms with Crippen LogP contribution in [-0.2, 0) is 21.4 Å². The Morgan fingerprint density at radius 3 is 2.71 bits per heavy atom. The smallest absolute Gasteiger partial charge is 0.243 e. The molecule has 1 aliphatic rings. The SMILES string of the molecule is CCOc1cccc(CNC(=O)[C@H]2CCCN2S(=O)(=O)c2ccc(Cl)cc2)c1. The summed E-state index contributed by atoms with van der Waals surface area (Å²) in [5.41, 5.74) is 0.893. The molecule has 1 atom stereocenters. The van der Waals surface area contributed by atoms with E-state index in [4.69, 9.17) is 16.3 Å². The van der Waals surface area contributed by atoms with Crippen LogP contribution in [0.15, 0.2) is 53.4 Å². The van der Waals surface area contributed by atoms with Gasteiger partial charge in [0.2, 0.25) is 15.9 Å². The minimum absolute atomic E-state index is 0.140. The fourth-order valence-electron chi connectivity index (χ4n) is 3.25. The van der Waals surface area contributed by atoms with E-state index >= 15 is 0 Å². The highest BCUT2D eigenvalue weighted by atomic mass is 35.5. The van der Waals surface area contributed by atoms with E-state index in [0.29, 0.717) is 37.6 Å². The van der Waals surface area contributed by atoms with Gasteiger partial charge < -0.3 is 10.1 Å². The number of nitrogens with zero attached hydrogens (tertiary/aromatic N) is 1. The molecule has 0 bridgehead atoms. The molecule has 28 heavy (non-hydrogen) atoms. The third kappa shape index (κ3) is 4.66. The molecule has 0 aliphatic carbocycles. The molecule has 6 nitrogen and oxygen atoms in total. The molecule has 0 spiro atoms. The first-order valence-electron chi connectivity index (χ1n) is 9.18. The third-order valence-corrected chi connectivity index (χ3v) is 6.78. The molecule has 0 aromatic heterocycles. The maximum absolute atomic E-state index is 12.9.